The summed E-state index contributed by atoms with van der Waals surface area (Å²) in [6.45, 7) is 8.59. The zero-order valence-electron chi connectivity index (χ0n) is 17.8. The van der Waals surface area contributed by atoms with Gasteiger partial charge >= 0.3 is 0 Å². The molecule has 3 unspecified atom stereocenters. The molecule has 0 radical (unpaired) electrons. The van der Waals surface area contributed by atoms with Crippen LogP contribution in [0.1, 0.15) is 33.6 Å². The molecule has 1 N–H and O–H groups in total. The average Bonchev–Trinajstić information content (AvgIpc) is 3.16. The van der Waals surface area contributed by atoms with Crippen LogP contribution >= 0.6 is 0 Å². The standard InChI is InChI=1S/C24H33NO3Si/c1-24(2,3)29(20-11-6-4-7-12-20,21-13-8-5-9-14-21)28-22-15-10-16-25-23(22)19(17-26)18-27-25/h4-9,11-14,19,22-23,26H,10,15-18H2,1-3H3. The van der Waals surface area contributed by atoms with Crippen LogP contribution in [0.2, 0.25) is 5.04 Å². The minimum atomic E-state index is -2.60. The van der Waals surface area contributed by atoms with E-state index in [1.165, 1.54) is 10.4 Å². The van der Waals surface area contributed by atoms with Crippen molar-refractivity contribution in [1.29, 1.82) is 0 Å². The number of aliphatic hydroxyl groups is 1. The second kappa shape index (κ2) is 8.32. The molecule has 3 atom stereocenters. The zero-order valence-corrected chi connectivity index (χ0v) is 18.8. The van der Waals surface area contributed by atoms with Crippen molar-refractivity contribution in [2.45, 2.75) is 50.8 Å². The van der Waals surface area contributed by atoms with Crippen LogP contribution in [0, 0.1) is 5.92 Å². The predicted octanol–water partition coefficient (Wildman–Crippen LogP) is 2.95. The predicted molar refractivity (Wildman–Crippen MR) is 119 cm³/mol. The largest absolute Gasteiger partial charge is 0.403 e. The number of hydrogen-bond donors (Lipinski definition) is 1. The Kier molecular flexibility index (Phi) is 5.96. The Morgan fingerprint density at radius 1 is 1.03 bits per heavy atom. The highest BCUT2D eigenvalue weighted by molar-refractivity contribution is 6.99. The molecule has 2 aliphatic heterocycles. The summed E-state index contributed by atoms with van der Waals surface area (Å²) in [4.78, 5) is 5.91. The summed E-state index contributed by atoms with van der Waals surface area (Å²) >= 11 is 0. The number of benzene rings is 2. The fraction of sp³-hybridized carbons (Fsp3) is 0.500. The van der Waals surface area contributed by atoms with E-state index in [4.69, 9.17) is 9.26 Å². The van der Waals surface area contributed by atoms with Gasteiger partial charge in [0.25, 0.3) is 8.32 Å². The van der Waals surface area contributed by atoms with Crippen LogP contribution in [0.4, 0.5) is 0 Å². The maximum absolute atomic E-state index is 9.96. The van der Waals surface area contributed by atoms with Gasteiger partial charge in [0.05, 0.1) is 18.8 Å². The van der Waals surface area contributed by atoms with Crippen LogP contribution in [0.15, 0.2) is 60.7 Å². The quantitative estimate of drug-likeness (QED) is 0.768. The molecule has 5 heteroatoms. The van der Waals surface area contributed by atoms with Crippen LogP contribution in [0.25, 0.3) is 0 Å². The molecule has 0 spiro atoms. The van der Waals surface area contributed by atoms with Crippen molar-refractivity contribution < 1.29 is 14.4 Å². The number of rotatable bonds is 5. The molecule has 2 fully saturated rings. The third-order valence-electron chi connectivity index (χ3n) is 6.50. The minimum Gasteiger partial charge on any atom is -0.403 e. The summed E-state index contributed by atoms with van der Waals surface area (Å²) in [7, 11) is -2.60. The topological polar surface area (TPSA) is 41.9 Å². The summed E-state index contributed by atoms with van der Waals surface area (Å²) in [6.07, 6.45) is 2.11. The smallest absolute Gasteiger partial charge is 0.261 e. The second-order valence-corrected chi connectivity index (χ2v) is 13.6. The fourth-order valence-electron chi connectivity index (χ4n) is 5.14. The molecule has 2 aromatic rings. The van der Waals surface area contributed by atoms with Gasteiger partial charge in [-0.05, 0) is 28.3 Å². The number of aliphatic hydroxyl groups excluding tert-OH is 1. The van der Waals surface area contributed by atoms with E-state index in [1.807, 2.05) is 0 Å². The van der Waals surface area contributed by atoms with Gasteiger partial charge in [0.1, 0.15) is 0 Å². The van der Waals surface area contributed by atoms with Crippen molar-refractivity contribution in [2.75, 3.05) is 19.8 Å². The molecule has 0 amide bonds. The molecule has 2 aromatic carbocycles. The Hall–Kier alpha value is -1.50. The van der Waals surface area contributed by atoms with Gasteiger partial charge in [-0.1, -0.05) is 81.4 Å². The highest BCUT2D eigenvalue weighted by Crippen LogP contribution is 2.41. The van der Waals surface area contributed by atoms with Crippen LogP contribution in [-0.2, 0) is 9.26 Å². The summed E-state index contributed by atoms with van der Waals surface area (Å²) in [5.41, 5.74) is 0. The number of fused-ring (bicyclic) bond motifs is 1. The van der Waals surface area contributed by atoms with Crippen LogP contribution in [0.5, 0.6) is 0 Å². The van der Waals surface area contributed by atoms with E-state index >= 15 is 0 Å². The molecule has 4 rings (SSSR count). The Balaban J connectivity index is 1.82. The van der Waals surface area contributed by atoms with Gasteiger partial charge in [0.15, 0.2) is 0 Å². The zero-order chi connectivity index (χ0) is 20.5. The highest BCUT2D eigenvalue weighted by atomic mass is 28.4. The molecule has 2 aliphatic rings. The Bertz CT molecular complexity index is 747. The van der Waals surface area contributed by atoms with Gasteiger partial charge in [-0.3, -0.25) is 4.84 Å². The van der Waals surface area contributed by atoms with Crippen LogP contribution in [0.3, 0.4) is 0 Å². The van der Waals surface area contributed by atoms with Crippen molar-refractivity contribution in [2.24, 2.45) is 5.92 Å². The molecule has 0 aromatic heterocycles. The lowest BCUT2D eigenvalue weighted by Gasteiger charge is -2.48. The summed E-state index contributed by atoms with van der Waals surface area (Å²) in [5.74, 6) is 0.110. The second-order valence-electron chi connectivity index (χ2n) is 9.33. The highest BCUT2D eigenvalue weighted by Gasteiger charge is 2.54. The van der Waals surface area contributed by atoms with Crippen molar-refractivity contribution in [1.82, 2.24) is 5.06 Å². The summed E-state index contributed by atoms with van der Waals surface area (Å²) < 4.78 is 7.37. The van der Waals surface area contributed by atoms with Gasteiger partial charge in [-0.25, -0.2) is 0 Å². The third kappa shape index (κ3) is 3.71. The first-order valence-electron chi connectivity index (χ1n) is 10.8. The summed E-state index contributed by atoms with van der Waals surface area (Å²) in [6, 6.07) is 21.7. The monoisotopic (exact) mass is 411 g/mol. The van der Waals surface area contributed by atoms with E-state index in [0.717, 1.165) is 19.4 Å². The van der Waals surface area contributed by atoms with Crippen molar-refractivity contribution in [3.05, 3.63) is 60.7 Å². The number of hydrogen-bond acceptors (Lipinski definition) is 4. The normalized spacial score (nSPS) is 25.7. The van der Waals surface area contributed by atoms with Gasteiger partial charge in [0, 0.05) is 19.1 Å². The minimum absolute atomic E-state index is 0.0494. The Labute approximate surface area is 175 Å². The van der Waals surface area contributed by atoms with Gasteiger partial charge in [-0.2, -0.15) is 5.06 Å². The van der Waals surface area contributed by atoms with E-state index in [-0.39, 0.29) is 29.7 Å². The molecule has 0 aliphatic carbocycles. The fourth-order valence-corrected chi connectivity index (χ4v) is 9.87. The lowest BCUT2D eigenvalue weighted by molar-refractivity contribution is -0.164. The third-order valence-corrected chi connectivity index (χ3v) is 11.6. The molecule has 29 heavy (non-hydrogen) atoms. The van der Waals surface area contributed by atoms with Gasteiger partial charge in [-0.15, -0.1) is 0 Å². The average molecular weight is 412 g/mol. The van der Waals surface area contributed by atoms with Crippen molar-refractivity contribution >= 4 is 18.7 Å². The van der Waals surface area contributed by atoms with Crippen LogP contribution in [-0.4, -0.2) is 50.4 Å². The Morgan fingerprint density at radius 3 is 2.14 bits per heavy atom. The van der Waals surface area contributed by atoms with E-state index in [1.54, 1.807) is 0 Å². The van der Waals surface area contributed by atoms with E-state index < -0.39 is 8.32 Å². The first kappa shape index (κ1) is 20.8. The maximum Gasteiger partial charge on any atom is 0.261 e. The summed E-state index contributed by atoms with van der Waals surface area (Å²) in [5, 5.41) is 14.6. The number of hydroxylamine groups is 2. The van der Waals surface area contributed by atoms with Crippen molar-refractivity contribution in [3.63, 3.8) is 0 Å². The molecule has 2 heterocycles. The van der Waals surface area contributed by atoms with Gasteiger partial charge in [0.2, 0.25) is 0 Å². The molecular weight excluding hydrogens is 378 g/mol. The number of nitrogens with zero attached hydrogens (tertiary/aromatic N) is 1. The molecular formula is C24H33NO3Si. The molecule has 4 nitrogen and oxygen atoms in total. The Morgan fingerprint density at radius 2 is 1.62 bits per heavy atom. The SMILES string of the molecule is CC(C)(C)[Si](OC1CCCN2OCC(CO)C12)(c1ccccc1)c1ccccc1. The van der Waals surface area contributed by atoms with E-state index in [0.29, 0.717) is 6.61 Å². The lowest BCUT2D eigenvalue weighted by Crippen LogP contribution is -2.69. The molecule has 156 valence electrons. The first-order chi connectivity index (χ1) is 14.0. The van der Waals surface area contributed by atoms with E-state index in [9.17, 15) is 5.11 Å². The molecule has 0 bridgehead atoms. The molecule has 0 saturated carbocycles. The van der Waals surface area contributed by atoms with Crippen LogP contribution < -0.4 is 10.4 Å². The molecule has 2 saturated heterocycles. The van der Waals surface area contributed by atoms with Crippen molar-refractivity contribution in [3.8, 4) is 0 Å². The number of piperidine rings is 1. The lowest BCUT2D eigenvalue weighted by atomic mass is 9.91. The van der Waals surface area contributed by atoms with Gasteiger partial charge < -0.3 is 9.53 Å². The van der Waals surface area contributed by atoms with E-state index in [2.05, 4.69) is 86.5 Å². The maximum atomic E-state index is 9.96. The first-order valence-corrected chi connectivity index (χ1v) is 12.7.